The summed E-state index contributed by atoms with van der Waals surface area (Å²) in [7, 11) is -3.96. The number of ether oxygens (including phenoxy) is 1. The molecule has 206 valence electrons. The summed E-state index contributed by atoms with van der Waals surface area (Å²) < 4.78 is 34.9. The third-order valence-electron chi connectivity index (χ3n) is 6.80. The third-order valence-corrected chi connectivity index (χ3v) is 12.7. The zero-order valence-corrected chi connectivity index (χ0v) is 25.6. The lowest BCUT2D eigenvalue weighted by Gasteiger charge is -2.32. The summed E-state index contributed by atoms with van der Waals surface area (Å²) in [6.45, 7) is 11.1. The second-order valence-electron chi connectivity index (χ2n) is 10.8. The number of unbranched alkanes of at least 4 members (excludes halogenated alkanes) is 3. The summed E-state index contributed by atoms with van der Waals surface area (Å²) in [4.78, 5) is 13.5. The molecule has 2 aromatic rings. The van der Waals surface area contributed by atoms with Crippen LogP contribution in [0.25, 0.3) is 0 Å². The van der Waals surface area contributed by atoms with E-state index in [4.69, 9.17) is 4.74 Å². The van der Waals surface area contributed by atoms with Crippen LogP contribution >= 0.6 is 11.3 Å². The molecule has 2 heterocycles. The highest BCUT2D eigenvalue weighted by Gasteiger charge is 2.35. The molecular formula is C27H43N3O4S2Si. The number of thiophene rings is 1. The van der Waals surface area contributed by atoms with Gasteiger partial charge in [-0.1, -0.05) is 51.9 Å². The predicted molar refractivity (Wildman–Crippen MR) is 155 cm³/mol. The van der Waals surface area contributed by atoms with Crippen molar-refractivity contribution in [2.24, 2.45) is 0 Å². The lowest BCUT2D eigenvalue weighted by atomic mass is 10.1. The van der Waals surface area contributed by atoms with Crippen LogP contribution < -0.4 is 20.6 Å². The van der Waals surface area contributed by atoms with E-state index in [9.17, 15) is 13.2 Å². The first-order chi connectivity index (χ1) is 17.6. The molecule has 1 aliphatic rings. The standard InChI is InChI=1S/C27H43N3O4S2Si/c1-6-7-8-9-15-28-22-13-16-30(17-14-22)36(32,33)27-25(37(3,4)5)19-24(35-27)20-29-26(31)21-11-10-12-23(18-21)34-2/h10-12,18-19,22,28H,6-9,13-17,20H2,1-5H3,(H,29,31). The molecular weight excluding hydrogens is 523 g/mol. The van der Waals surface area contributed by atoms with Crippen molar-refractivity contribution < 1.29 is 17.9 Å². The van der Waals surface area contributed by atoms with E-state index in [0.29, 0.717) is 34.7 Å². The fourth-order valence-electron chi connectivity index (χ4n) is 4.53. The van der Waals surface area contributed by atoms with E-state index in [2.05, 4.69) is 37.2 Å². The number of sulfonamides is 1. The van der Waals surface area contributed by atoms with E-state index in [0.717, 1.165) is 29.5 Å². The molecule has 1 aliphatic heterocycles. The molecule has 0 saturated carbocycles. The molecule has 3 rings (SSSR count). The lowest BCUT2D eigenvalue weighted by Crippen LogP contribution is -2.47. The van der Waals surface area contributed by atoms with Crippen molar-refractivity contribution in [2.75, 3.05) is 26.7 Å². The molecule has 0 radical (unpaired) electrons. The van der Waals surface area contributed by atoms with Gasteiger partial charge in [-0.3, -0.25) is 4.79 Å². The summed E-state index contributed by atoms with van der Waals surface area (Å²) in [5.41, 5.74) is 0.510. The van der Waals surface area contributed by atoms with Gasteiger partial charge in [0.1, 0.15) is 9.96 Å². The number of amides is 1. The second-order valence-corrected chi connectivity index (χ2v) is 19.1. The molecule has 1 fully saturated rings. The summed E-state index contributed by atoms with van der Waals surface area (Å²) in [5.74, 6) is 0.407. The van der Waals surface area contributed by atoms with Gasteiger partial charge in [0.05, 0.1) is 21.7 Å². The van der Waals surface area contributed by atoms with Gasteiger partial charge in [0.25, 0.3) is 15.9 Å². The Morgan fingerprint density at radius 2 is 1.86 bits per heavy atom. The number of hydrogen-bond acceptors (Lipinski definition) is 6. The Morgan fingerprint density at radius 3 is 2.51 bits per heavy atom. The Morgan fingerprint density at radius 1 is 1.14 bits per heavy atom. The first-order valence-corrected chi connectivity index (χ1v) is 19.1. The number of rotatable bonds is 13. The SMILES string of the molecule is CCCCCCNC1CCN(S(=O)(=O)c2sc(CNC(=O)c3cccc(OC)c3)cc2[Si](C)(C)C)CC1. The fourth-order valence-corrected chi connectivity index (χ4v) is 11.3. The fraction of sp³-hybridized carbons (Fsp3) is 0.593. The van der Waals surface area contributed by atoms with Gasteiger partial charge < -0.3 is 15.4 Å². The quantitative estimate of drug-likeness (QED) is 0.275. The molecule has 2 N–H and O–H groups in total. The molecule has 0 unspecified atom stereocenters. The van der Waals surface area contributed by atoms with Crippen LogP contribution in [0.15, 0.2) is 34.5 Å². The van der Waals surface area contributed by atoms with Crippen molar-refractivity contribution in [1.29, 1.82) is 0 Å². The Bertz CT molecular complexity index is 1140. The monoisotopic (exact) mass is 565 g/mol. The summed E-state index contributed by atoms with van der Waals surface area (Å²) in [6, 6.07) is 9.38. The van der Waals surface area contributed by atoms with E-state index < -0.39 is 18.1 Å². The first-order valence-electron chi connectivity index (χ1n) is 13.3. The summed E-state index contributed by atoms with van der Waals surface area (Å²) in [5, 5.41) is 7.51. The maximum Gasteiger partial charge on any atom is 0.252 e. The number of nitrogens with one attached hydrogen (secondary N) is 2. The Labute approximate surface area is 228 Å². The van der Waals surface area contributed by atoms with Crippen molar-refractivity contribution in [3.63, 3.8) is 0 Å². The van der Waals surface area contributed by atoms with Crippen molar-refractivity contribution in [2.45, 2.75) is 81.9 Å². The molecule has 0 aliphatic carbocycles. The molecule has 1 aromatic heterocycles. The Kier molecular flexibility index (Phi) is 10.8. The van der Waals surface area contributed by atoms with Crippen LogP contribution in [0.5, 0.6) is 5.75 Å². The largest absolute Gasteiger partial charge is 0.497 e. The van der Waals surface area contributed by atoms with Crippen LogP contribution in [-0.4, -0.2) is 59.5 Å². The maximum absolute atomic E-state index is 13.8. The smallest absolute Gasteiger partial charge is 0.252 e. The number of carbonyl (C=O) groups excluding carboxylic acids is 1. The highest BCUT2D eigenvalue weighted by atomic mass is 32.2. The first kappa shape index (κ1) is 29.8. The molecule has 0 atom stereocenters. The number of nitrogens with zero attached hydrogens (tertiary/aromatic N) is 1. The number of methoxy groups -OCH3 is 1. The molecule has 1 saturated heterocycles. The van der Waals surface area contributed by atoms with Crippen LogP contribution in [0.3, 0.4) is 0 Å². The van der Waals surface area contributed by atoms with E-state index in [1.807, 2.05) is 6.07 Å². The second kappa shape index (κ2) is 13.4. The van der Waals surface area contributed by atoms with Crippen molar-refractivity contribution in [3.8, 4) is 5.75 Å². The molecule has 7 nitrogen and oxygen atoms in total. The van der Waals surface area contributed by atoms with Crippen LogP contribution in [-0.2, 0) is 16.6 Å². The molecule has 0 bridgehead atoms. The number of carbonyl (C=O) groups is 1. The van der Waals surface area contributed by atoms with Crippen molar-refractivity contribution in [1.82, 2.24) is 14.9 Å². The van der Waals surface area contributed by atoms with E-state index in [-0.39, 0.29) is 12.5 Å². The minimum Gasteiger partial charge on any atom is -0.497 e. The molecule has 37 heavy (non-hydrogen) atoms. The highest BCUT2D eigenvalue weighted by Crippen LogP contribution is 2.28. The normalized spacial score (nSPS) is 15.6. The van der Waals surface area contributed by atoms with Crippen molar-refractivity contribution in [3.05, 3.63) is 40.8 Å². The van der Waals surface area contributed by atoms with E-state index >= 15 is 0 Å². The van der Waals surface area contributed by atoms with Crippen LogP contribution in [0.4, 0.5) is 0 Å². The summed E-state index contributed by atoms with van der Waals surface area (Å²) in [6.07, 6.45) is 6.60. The molecule has 0 spiro atoms. The van der Waals surface area contributed by atoms with Gasteiger partial charge in [-0.05, 0) is 55.3 Å². The van der Waals surface area contributed by atoms with Gasteiger partial charge >= 0.3 is 0 Å². The lowest BCUT2D eigenvalue weighted by molar-refractivity contribution is 0.0951. The van der Waals surface area contributed by atoms with E-state index in [1.54, 1.807) is 35.7 Å². The van der Waals surface area contributed by atoms with Gasteiger partial charge in [0, 0.05) is 29.6 Å². The number of benzene rings is 1. The van der Waals surface area contributed by atoms with Crippen LogP contribution in [0, 0.1) is 0 Å². The maximum atomic E-state index is 13.8. The van der Waals surface area contributed by atoms with Gasteiger partial charge in [0.2, 0.25) is 0 Å². The number of hydrogen-bond donors (Lipinski definition) is 2. The topological polar surface area (TPSA) is 87.7 Å². The predicted octanol–water partition coefficient (Wildman–Crippen LogP) is 4.55. The van der Waals surface area contributed by atoms with Crippen LogP contribution in [0.1, 0.15) is 60.7 Å². The van der Waals surface area contributed by atoms with Crippen molar-refractivity contribution >= 4 is 40.5 Å². The summed E-state index contributed by atoms with van der Waals surface area (Å²) >= 11 is 1.30. The minimum absolute atomic E-state index is 0.212. The zero-order chi connectivity index (χ0) is 27.1. The van der Waals surface area contributed by atoms with E-state index in [1.165, 1.54) is 37.0 Å². The minimum atomic E-state index is -3.58. The van der Waals surface area contributed by atoms with Gasteiger partial charge in [-0.2, -0.15) is 4.31 Å². The Hall–Kier alpha value is -1.72. The average molecular weight is 566 g/mol. The number of piperidine rings is 1. The zero-order valence-electron chi connectivity index (χ0n) is 22.9. The molecule has 1 aromatic carbocycles. The average Bonchev–Trinajstić information content (AvgIpc) is 3.34. The van der Waals surface area contributed by atoms with Crippen LogP contribution in [0.2, 0.25) is 19.6 Å². The molecule has 1 amide bonds. The van der Waals surface area contributed by atoms with Gasteiger partial charge in [-0.25, -0.2) is 8.42 Å². The van der Waals surface area contributed by atoms with Gasteiger partial charge in [0.15, 0.2) is 0 Å². The van der Waals surface area contributed by atoms with Gasteiger partial charge in [-0.15, -0.1) is 11.3 Å². The Balaban J connectivity index is 1.67. The third kappa shape index (κ3) is 8.13. The highest BCUT2D eigenvalue weighted by molar-refractivity contribution is 7.91. The molecule has 10 heteroatoms.